The number of hydrogen-bond donors (Lipinski definition) is 2. The molecule has 1 heterocycles. The van der Waals surface area contributed by atoms with Crippen LogP contribution in [0.25, 0.3) is 0 Å². The van der Waals surface area contributed by atoms with E-state index in [1.54, 1.807) is 6.92 Å². The summed E-state index contributed by atoms with van der Waals surface area (Å²) in [5.41, 5.74) is 4.96. The second-order valence-corrected chi connectivity index (χ2v) is 4.44. The molecule has 2 rings (SSSR count). The molecule has 0 fully saturated rings. The van der Waals surface area contributed by atoms with Crippen molar-refractivity contribution in [2.24, 2.45) is 5.73 Å². The van der Waals surface area contributed by atoms with Gasteiger partial charge in [-0.1, -0.05) is 0 Å². The largest absolute Gasteiger partial charge is 0.375 e. The highest BCUT2D eigenvalue weighted by molar-refractivity contribution is 5.94. The van der Waals surface area contributed by atoms with E-state index in [0.717, 1.165) is 12.3 Å². The molecule has 1 amide bonds. The number of nitrogens with one attached hydrogen (secondary N) is 1. The van der Waals surface area contributed by atoms with E-state index in [9.17, 15) is 18.0 Å². The summed E-state index contributed by atoms with van der Waals surface area (Å²) < 4.78 is 39.9. The molecule has 21 heavy (non-hydrogen) atoms. The standard InChI is InChI=1S/C14H12F3N3O/c1-7(12-3-2-8(15)6-19-12)20-13-4-9(14(18)21)10(16)5-11(13)17/h2-7,20H,1H3,(H2,18,21). The van der Waals surface area contributed by atoms with Gasteiger partial charge in [0.2, 0.25) is 0 Å². The van der Waals surface area contributed by atoms with Crippen molar-refractivity contribution in [1.82, 2.24) is 4.98 Å². The minimum Gasteiger partial charge on any atom is -0.375 e. The molecule has 0 aliphatic rings. The van der Waals surface area contributed by atoms with Crippen LogP contribution in [0.4, 0.5) is 18.9 Å². The third-order valence-electron chi connectivity index (χ3n) is 2.89. The first kappa shape index (κ1) is 14.8. The molecule has 7 heteroatoms. The van der Waals surface area contributed by atoms with E-state index in [-0.39, 0.29) is 5.69 Å². The van der Waals surface area contributed by atoms with Gasteiger partial charge in [-0.2, -0.15) is 0 Å². The molecule has 1 unspecified atom stereocenters. The van der Waals surface area contributed by atoms with Crippen LogP contribution in [0, 0.1) is 17.5 Å². The van der Waals surface area contributed by atoms with Crippen molar-refractivity contribution < 1.29 is 18.0 Å². The predicted octanol–water partition coefficient (Wildman–Crippen LogP) is 2.77. The minimum absolute atomic E-state index is 0.0937. The van der Waals surface area contributed by atoms with Gasteiger partial charge in [0.1, 0.15) is 17.5 Å². The van der Waals surface area contributed by atoms with E-state index in [1.165, 1.54) is 12.1 Å². The van der Waals surface area contributed by atoms with Crippen LogP contribution in [0.1, 0.15) is 29.0 Å². The van der Waals surface area contributed by atoms with E-state index >= 15 is 0 Å². The fraction of sp³-hybridized carbons (Fsp3) is 0.143. The molecule has 4 nitrogen and oxygen atoms in total. The molecule has 1 atom stereocenters. The van der Waals surface area contributed by atoms with Gasteiger partial charge in [0.25, 0.3) is 5.91 Å². The Kier molecular flexibility index (Phi) is 4.11. The number of nitrogens with zero attached hydrogens (tertiary/aromatic N) is 1. The number of amides is 1. The van der Waals surface area contributed by atoms with Crippen molar-refractivity contribution in [3.05, 3.63) is 59.2 Å². The Morgan fingerprint density at radius 1 is 1.24 bits per heavy atom. The Morgan fingerprint density at radius 3 is 2.52 bits per heavy atom. The zero-order valence-corrected chi connectivity index (χ0v) is 11.0. The monoisotopic (exact) mass is 295 g/mol. The third-order valence-corrected chi connectivity index (χ3v) is 2.89. The summed E-state index contributed by atoms with van der Waals surface area (Å²) >= 11 is 0. The molecular formula is C14H12F3N3O. The fourth-order valence-electron chi connectivity index (χ4n) is 1.80. The first-order valence-corrected chi connectivity index (χ1v) is 6.05. The first-order valence-electron chi connectivity index (χ1n) is 6.05. The Bertz CT molecular complexity index is 674. The molecular weight excluding hydrogens is 283 g/mol. The van der Waals surface area contributed by atoms with E-state index in [0.29, 0.717) is 11.8 Å². The number of benzene rings is 1. The van der Waals surface area contributed by atoms with Crippen LogP contribution in [0.5, 0.6) is 0 Å². The maximum absolute atomic E-state index is 13.7. The lowest BCUT2D eigenvalue weighted by Crippen LogP contribution is -2.16. The third kappa shape index (κ3) is 3.31. The van der Waals surface area contributed by atoms with Crippen molar-refractivity contribution >= 4 is 11.6 Å². The maximum atomic E-state index is 13.7. The Hall–Kier alpha value is -2.57. The van der Waals surface area contributed by atoms with Crippen molar-refractivity contribution in [3.63, 3.8) is 0 Å². The van der Waals surface area contributed by atoms with Crippen molar-refractivity contribution in [2.75, 3.05) is 5.32 Å². The second-order valence-electron chi connectivity index (χ2n) is 4.44. The molecule has 1 aromatic heterocycles. The fourth-order valence-corrected chi connectivity index (χ4v) is 1.80. The molecule has 3 N–H and O–H groups in total. The van der Waals surface area contributed by atoms with Crippen LogP contribution in [0.15, 0.2) is 30.5 Å². The molecule has 0 bridgehead atoms. The quantitative estimate of drug-likeness (QED) is 0.911. The van der Waals surface area contributed by atoms with Gasteiger partial charge < -0.3 is 11.1 Å². The van der Waals surface area contributed by atoms with Crippen LogP contribution in [0.3, 0.4) is 0 Å². The molecule has 0 saturated heterocycles. The van der Waals surface area contributed by atoms with Crippen LogP contribution in [0.2, 0.25) is 0 Å². The molecule has 0 aliphatic carbocycles. The molecule has 2 aromatic rings. The first-order chi connectivity index (χ1) is 9.88. The van der Waals surface area contributed by atoms with E-state index in [1.807, 2.05) is 0 Å². The van der Waals surface area contributed by atoms with Crippen LogP contribution >= 0.6 is 0 Å². The van der Waals surface area contributed by atoms with Crippen LogP contribution in [-0.4, -0.2) is 10.9 Å². The second kappa shape index (κ2) is 5.82. The van der Waals surface area contributed by atoms with Gasteiger partial charge in [-0.25, -0.2) is 13.2 Å². The predicted molar refractivity (Wildman–Crippen MR) is 71.1 cm³/mol. The van der Waals surface area contributed by atoms with E-state index in [4.69, 9.17) is 5.73 Å². The Morgan fingerprint density at radius 2 is 1.95 bits per heavy atom. The number of carbonyl (C=O) groups is 1. The topological polar surface area (TPSA) is 68.0 Å². The number of carbonyl (C=O) groups excluding carboxylic acids is 1. The lowest BCUT2D eigenvalue weighted by atomic mass is 10.1. The molecule has 0 saturated carbocycles. The highest BCUT2D eigenvalue weighted by atomic mass is 19.1. The summed E-state index contributed by atoms with van der Waals surface area (Å²) in [6.07, 6.45) is 1.03. The van der Waals surface area contributed by atoms with E-state index in [2.05, 4.69) is 10.3 Å². The number of hydrogen-bond acceptors (Lipinski definition) is 3. The summed E-state index contributed by atoms with van der Waals surface area (Å²) in [6.45, 7) is 1.66. The lowest BCUT2D eigenvalue weighted by Gasteiger charge is -2.16. The van der Waals surface area contributed by atoms with Crippen molar-refractivity contribution in [2.45, 2.75) is 13.0 Å². The number of pyridine rings is 1. The average Bonchev–Trinajstić information content (AvgIpc) is 2.42. The van der Waals surface area contributed by atoms with Gasteiger partial charge in [-0.3, -0.25) is 9.78 Å². The lowest BCUT2D eigenvalue weighted by molar-refractivity contribution is 0.0996. The summed E-state index contributed by atoms with van der Waals surface area (Å²) in [5, 5.41) is 2.73. The van der Waals surface area contributed by atoms with Crippen molar-refractivity contribution in [1.29, 1.82) is 0 Å². The highest BCUT2D eigenvalue weighted by Gasteiger charge is 2.16. The van der Waals surface area contributed by atoms with Gasteiger partial charge in [0.15, 0.2) is 0 Å². The van der Waals surface area contributed by atoms with E-state index < -0.39 is 35.0 Å². The van der Waals surface area contributed by atoms with Gasteiger partial charge in [-0.05, 0) is 25.1 Å². The van der Waals surface area contributed by atoms with Gasteiger partial charge in [0.05, 0.1) is 29.2 Å². The number of rotatable bonds is 4. The average molecular weight is 295 g/mol. The summed E-state index contributed by atoms with van der Waals surface area (Å²) in [4.78, 5) is 14.9. The van der Waals surface area contributed by atoms with Gasteiger partial charge >= 0.3 is 0 Å². The Labute approximate surface area is 118 Å². The van der Waals surface area contributed by atoms with Crippen LogP contribution in [-0.2, 0) is 0 Å². The van der Waals surface area contributed by atoms with Gasteiger partial charge in [0, 0.05) is 6.07 Å². The SMILES string of the molecule is CC(Nc1cc(C(N)=O)c(F)cc1F)c1ccc(F)cn1. The number of nitrogens with two attached hydrogens (primary N) is 1. The number of aromatic nitrogens is 1. The number of halogens is 3. The maximum Gasteiger partial charge on any atom is 0.251 e. The van der Waals surface area contributed by atoms with Gasteiger partial charge in [-0.15, -0.1) is 0 Å². The highest BCUT2D eigenvalue weighted by Crippen LogP contribution is 2.23. The summed E-state index contributed by atoms with van der Waals surface area (Å²) in [6, 6.07) is 3.74. The number of primary amides is 1. The van der Waals surface area contributed by atoms with Crippen molar-refractivity contribution in [3.8, 4) is 0 Å². The summed E-state index contributed by atoms with van der Waals surface area (Å²) in [7, 11) is 0. The Balaban J connectivity index is 2.28. The zero-order chi connectivity index (χ0) is 15.6. The summed E-state index contributed by atoms with van der Waals surface area (Å²) in [5.74, 6) is -3.39. The zero-order valence-electron chi connectivity index (χ0n) is 11.0. The minimum atomic E-state index is -1.03. The normalized spacial score (nSPS) is 12.0. The smallest absolute Gasteiger partial charge is 0.251 e. The number of anilines is 1. The molecule has 0 spiro atoms. The van der Waals surface area contributed by atoms with Crippen LogP contribution < -0.4 is 11.1 Å². The molecule has 1 aromatic carbocycles. The molecule has 110 valence electrons. The molecule has 0 radical (unpaired) electrons. The molecule has 0 aliphatic heterocycles.